The number of rotatable bonds is 5. The van der Waals surface area contributed by atoms with Crippen LogP contribution in [0.4, 0.5) is 0 Å². The van der Waals surface area contributed by atoms with Gasteiger partial charge in [-0.25, -0.2) is 0 Å². The number of thioether (sulfide) groups is 1. The summed E-state index contributed by atoms with van der Waals surface area (Å²) in [5.74, 6) is 1.61. The first-order chi connectivity index (χ1) is 13.2. The second-order valence-corrected chi connectivity index (χ2v) is 7.36. The molecule has 4 aromatic rings. The first-order valence-electron chi connectivity index (χ1n) is 8.29. The van der Waals surface area contributed by atoms with E-state index in [1.807, 2.05) is 36.4 Å². The van der Waals surface area contributed by atoms with Crippen molar-refractivity contribution in [2.45, 2.75) is 17.7 Å². The molecular weight excluding hydrogens is 380 g/mol. The van der Waals surface area contributed by atoms with E-state index in [-0.39, 0.29) is 0 Å². The molecule has 0 saturated carbocycles. The van der Waals surface area contributed by atoms with Crippen LogP contribution in [0, 0.1) is 6.92 Å². The smallest absolute Gasteiger partial charge is 0.237 e. The highest BCUT2D eigenvalue weighted by molar-refractivity contribution is 7.98. The van der Waals surface area contributed by atoms with Crippen molar-refractivity contribution in [3.05, 3.63) is 77.1 Å². The van der Waals surface area contributed by atoms with Crippen LogP contribution in [0.25, 0.3) is 22.6 Å². The lowest BCUT2D eigenvalue weighted by Crippen LogP contribution is -1.90. The molecule has 2 aromatic carbocycles. The molecule has 0 unspecified atom stereocenters. The minimum atomic E-state index is 0.527. The van der Waals surface area contributed by atoms with Crippen LogP contribution in [0.15, 0.2) is 70.2 Å². The van der Waals surface area contributed by atoms with Crippen molar-refractivity contribution in [1.82, 2.24) is 20.3 Å². The van der Waals surface area contributed by atoms with Gasteiger partial charge in [0.2, 0.25) is 11.7 Å². The largest absolute Gasteiger partial charge is 0.338 e. The van der Waals surface area contributed by atoms with Crippen LogP contribution in [0.3, 0.4) is 0 Å². The summed E-state index contributed by atoms with van der Waals surface area (Å²) in [5.41, 5.74) is 3.98. The Labute approximate surface area is 165 Å². The number of hydrogen-bond donors (Lipinski definition) is 0. The van der Waals surface area contributed by atoms with Crippen LogP contribution in [0.1, 0.15) is 11.5 Å². The fourth-order valence-electron chi connectivity index (χ4n) is 2.44. The van der Waals surface area contributed by atoms with Gasteiger partial charge in [0.25, 0.3) is 0 Å². The quantitative estimate of drug-likeness (QED) is 0.419. The second-order valence-electron chi connectivity index (χ2n) is 5.93. The molecule has 0 amide bonds. The average Bonchev–Trinajstić information content (AvgIpc) is 3.17. The Morgan fingerprint density at radius 3 is 2.33 bits per heavy atom. The van der Waals surface area contributed by atoms with Crippen molar-refractivity contribution in [2.24, 2.45) is 0 Å². The summed E-state index contributed by atoms with van der Waals surface area (Å²) >= 11 is 7.40. The molecule has 0 bridgehead atoms. The molecule has 0 spiro atoms. The first-order valence-corrected chi connectivity index (χ1v) is 9.66. The van der Waals surface area contributed by atoms with Crippen molar-refractivity contribution in [1.29, 1.82) is 0 Å². The Bertz CT molecular complexity index is 1030. The van der Waals surface area contributed by atoms with E-state index >= 15 is 0 Å². The zero-order chi connectivity index (χ0) is 18.6. The lowest BCUT2D eigenvalue weighted by atomic mass is 10.1. The zero-order valence-electron chi connectivity index (χ0n) is 14.5. The number of benzene rings is 2. The normalized spacial score (nSPS) is 10.9. The second kappa shape index (κ2) is 7.90. The van der Waals surface area contributed by atoms with Gasteiger partial charge in [0.15, 0.2) is 0 Å². The van der Waals surface area contributed by atoms with Gasteiger partial charge in [-0.3, -0.25) is 0 Å². The van der Waals surface area contributed by atoms with Crippen LogP contribution in [0.5, 0.6) is 0 Å². The lowest BCUT2D eigenvalue weighted by Gasteiger charge is -2.02. The molecule has 0 N–H and O–H groups in total. The van der Waals surface area contributed by atoms with E-state index < -0.39 is 0 Å². The summed E-state index contributed by atoms with van der Waals surface area (Å²) in [6, 6.07) is 19.4. The van der Waals surface area contributed by atoms with E-state index in [1.54, 1.807) is 12.1 Å². The third kappa shape index (κ3) is 4.35. The summed E-state index contributed by atoms with van der Waals surface area (Å²) in [5, 5.41) is 14.1. The summed E-state index contributed by atoms with van der Waals surface area (Å²) < 4.78 is 5.31. The van der Waals surface area contributed by atoms with Gasteiger partial charge in [-0.2, -0.15) is 4.98 Å². The van der Waals surface area contributed by atoms with Crippen LogP contribution >= 0.6 is 23.4 Å². The maximum atomic E-state index is 5.90. The van der Waals surface area contributed by atoms with E-state index in [2.05, 4.69) is 39.4 Å². The summed E-state index contributed by atoms with van der Waals surface area (Å²) in [7, 11) is 0. The maximum absolute atomic E-state index is 5.90. The van der Waals surface area contributed by atoms with Crippen LogP contribution in [-0.2, 0) is 5.75 Å². The standard InChI is InChI=1S/C20H15ClN4OS/c1-13-2-4-14(5-3-13)17-10-11-19(24-23-17)27-12-18-22-20(25-26-18)15-6-8-16(21)9-7-15/h2-11H,12H2,1H3. The molecule has 4 rings (SSSR count). The van der Waals surface area contributed by atoms with Crippen molar-refractivity contribution in [3.8, 4) is 22.6 Å². The Hall–Kier alpha value is -2.70. The van der Waals surface area contributed by atoms with Gasteiger partial charge in [0.05, 0.1) is 11.4 Å². The predicted octanol–water partition coefficient (Wildman–Crippen LogP) is 5.45. The number of nitrogens with zero attached hydrogens (tertiary/aromatic N) is 4. The van der Waals surface area contributed by atoms with E-state index in [1.165, 1.54) is 17.3 Å². The van der Waals surface area contributed by atoms with E-state index in [9.17, 15) is 0 Å². The minimum absolute atomic E-state index is 0.527. The van der Waals surface area contributed by atoms with Gasteiger partial charge >= 0.3 is 0 Å². The van der Waals surface area contributed by atoms with Gasteiger partial charge < -0.3 is 4.52 Å². The topological polar surface area (TPSA) is 64.7 Å². The Morgan fingerprint density at radius 2 is 1.63 bits per heavy atom. The summed E-state index contributed by atoms with van der Waals surface area (Å²) in [6.07, 6.45) is 0. The molecule has 0 aliphatic rings. The molecule has 0 saturated heterocycles. The molecular formula is C20H15ClN4OS. The van der Waals surface area contributed by atoms with Crippen LogP contribution in [0.2, 0.25) is 5.02 Å². The van der Waals surface area contributed by atoms with Crippen molar-refractivity contribution in [2.75, 3.05) is 0 Å². The van der Waals surface area contributed by atoms with E-state index in [0.29, 0.717) is 22.5 Å². The number of aromatic nitrogens is 4. The third-order valence-electron chi connectivity index (χ3n) is 3.90. The van der Waals surface area contributed by atoms with Gasteiger partial charge in [-0.15, -0.1) is 10.2 Å². The molecule has 5 nitrogen and oxygen atoms in total. The van der Waals surface area contributed by atoms with Gasteiger partial charge in [0, 0.05) is 16.1 Å². The average molecular weight is 395 g/mol. The number of hydrogen-bond acceptors (Lipinski definition) is 6. The molecule has 27 heavy (non-hydrogen) atoms. The summed E-state index contributed by atoms with van der Waals surface area (Å²) in [6.45, 7) is 2.06. The molecule has 0 aliphatic heterocycles. The maximum Gasteiger partial charge on any atom is 0.237 e. The predicted molar refractivity (Wildman–Crippen MR) is 107 cm³/mol. The Balaban J connectivity index is 1.40. The highest BCUT2D eigenvalue weighted by Gasteiger charge is 2.10. The van der Waals surface area contributed by atoms with Crippen LogP contribution in [-0.4, -0.2) is 20.3 Å². The number of halogens is 1. The molecule has 7 heteroatoms. The van der Waals surface area contributed by atoms with Gasteiger partial charge in [-0.1, -0.05) is 58.3 Å². The SMILES string of the molecule is Cc1ccc(-c2ccc(SCc3nc(-c4ccc(Cl)cc4)no3)nn2)cc1. The van der Waals surface area contributed by atoms with Gasteiger partial charge in [-0.05, 0) is 43.3 Å². The third-order valence-corrected chi connectivity index (χ3v) is 5.06. The minimum Gasteiger partial charge on any atom is -0.338 e. The van der Waals surface area contributed by atoms with Crippen molar-refractivity contribution in [3.63, 3.8) is 0 Å². The summed E-state index contributed by atoms with van der Waals surface area (Å²) in [4.78, 5) is 4.41. The van der Waals surface area contributed by atoms with E-state index in [4.69, 9.17) is 16.1 Å². The van der Waals surface area contributed by atoms with Crippen molar-refractivity contribution >= 4 is 23.4 Å². The lowest BCUT2D eigenvalue weighted by molar-refractivity contribution is 0.391. The molecule has 0 aliphatic carbocycles. The highest BCUT2D eigenvalue weighted by Crippen LogP contribution is 2.24. The molecule has 0 fully saturated rings. The number of aryl methyl sites for hydroxylation is 1. The highest BCUT2D eigenvalue weighted by atomic mass is 35.5. The van der Waals surface area contributed by atoms with Crippen LogP contribution < -0.4 is 0 Å². The monoisotopic (exact) mass is 394 g/mol. The Morgan fingerprint density at radius 1 is 0.889 bits per heavy atom. The van der Waals surface area contributed by atoms with Gasteiger partial charge in [0.1, 0.15) is 5.03 Å². The molecule has 134 valence electrons. The zero-order valence-corrected chi connectivity index (χ0v) is 16.0. The van der Waals surface area contributed by atoms with Crippen molar-refractivity contribution < 1.29 is 4.52 Å². The first kappa shape index (κ1) is 17.7. The molecule has 2 heterocycles. The fraction of sp³-hybridized carbons (Fsp3) is 0.100. The molecule has 0 radical (unpaired) electrons. The van der Waals surface area contributed by atoms with E-state index in [0.717, 1.165) is 21.8 Å². The Kier molecular flexibility index (Phi) is 5.18. The molecule has 2 aromatic heterocycles. The molecule has 0 atom stereocenters. The fourth-order valence-corrected chi connectivity index (χ4v) is 3.22.